The molecule has 0 bridgehead atoms. The van der Waals surface area contributed by atoms with E-state index in [-0.39, 0.29) is 24.3 Å². The number of carbonyl (C=O) groups is 2. The SMILES string of the molecule is CCOc1cccc(CCC(=O)N(Cc2cnn(C)c2C)C(C(=O)NC2CCC2)c2cc(C)c(C)c(Br)c2)c1. The number of halogens is 1. The maximum Gasteiger partial charge on any atom is 0.247 e. The highest BCUT2D eigenvalue weighted by Crippen LogP contribution is 2.32. The Morgan fingerprint density at radius 3 is 2.59 bits per heavy atom. The minimum atomic E-state index is -0.761. The molecule has 1 aliphatic carbocycles. The summed E-state index contributed by atoms with van der Waals surface area (Å²) >= 11 is 3.68. The Bertz CT molecular complexity index is 1310. The summed E-state index contributed by atoms with van der Waals surface area (Å²) in [5, 5.41) is 7.61. The number of nitrogens with one attached hydrogen (secondary N) is 1. The van der Waals surface area contributed by atoms with Crippen LogP contribution in [0.2, 0.25) is 0 Å². The molecule has 208 valence electrons. The Labute approximate surface area is 240 Å². The summed E-state index contributed by atoms with van der Waals surface area (Å²) in [5.74, 6) is 0.578. The van der Waals surface area contributed by atoms with Crippen molar-refractivity contribution in [1.29, 1.82) is 0 Å². The van der Waals surface area contributed by atoms with Crippen LogP contribution in [0.4, 0.5) is 0 Å². The Hall–Kier alpha value is -3.13. The lowest BCUT2D eigenvalue weighted by molar-refractivity contribution is -0.142. The third kappa shape index (κ3) is 6.90. The van der Waals surface area contributed by atoms with Crippen molar-refractivity contribution >= 4 is 27.7 Å². The molecule has 0 aliphatic heterocycles. The second-order valence-corrected chi connectivity index (χ2v) is 11.3. The molecule has 2 aromatic carbocycles. The Balaban J connectivity index is 1.70. The van der Waals surface area contributed by atoms with Gasteiger partial charge in [-0.15, -0.1) is 0 Å². The fourth-order valence-electron chi connectivity index (χ4n) is 4.86. The number of amides is 2. The maximum atomic E-state index is 14.1. The van der Waals surface area contributed by atoms with Gasteiger partial charge in [0, 0.05) is 35.2 Å². The van der Waals surface area contributed by atoms with Crippen molar-refractivity contribution in [3.63, 3.8) is 0 Å². The standard InChI is InChI=1S/C31H39BrN4O3/c1-6-39-27-12-7-9-23(16-27)13-14-29(37)36(19-25-18-33-35(5)22(25)4)30(31(38)34-26-10-8-11-26)24-15-20(2)21(3)28(32)17-24/h7,9,12,15-18,26,30H,6,8,10-11,13-14,19H2,1-5H3,(H,34,38). The first-order valence-electron chi connectivity index (χ1n) is 13.7. The van der Waals surface area contributed by atoms with Crippen molar-refractivity contribution in [2.24, 2.45) is 7.05 Å². The predicted molar refractivity (Wildman–Crippen MR) is 157 cm³/mol. The zero-order valence-corrected chi connectivity index (χ0v) is 25.2. The second kappa shape index (κ2) is 12.8. The summed E-state index contributed by atoms with van der Waals surface area (Å²) in [4.78, 5) is 29.7. The molecule has 7 nitrogen and oxygen atoms in total. The van der Waals surface area contributed by atoms with Crippen molar-refractivity contribution in [3.8, 4) is 5.75 Å². The smallest absolute Gasteiger partial charge is 0.247 e. The number of carbonyl (C=O) groups excluding carboxylic acids is 2. The van der Waals surface area contributed by atoms with Gasteiger partial charge in [0.1, 0.15) is 11.8 Å². The molecule has 8 heteroatoms. The van der Waals surface area contributed by atoms with E-state index < -0.39 is 6.04 Å². The van der Waals surface area contributed by atoms with Crippen molar-refractivity contribution < 1.29 is 14.3 Å². The number of nitrogens with zero attached hydrogens (tertiary/aromatic N) is 3. The van der Waals surface area contributed by atoms with Crippen molar-refractivity contribution in [1.82, 2.24) is 20.0 Å². The summed E-state index contributed by atoms with van der Waals surface area (Å²) in [6, 6.07) is 11.3. The van der Waals surface area contributed by atoms with E-state index in [0.29, 0.717) is 19.6 Å². The number of ether oxygens (including phenoxy) is 1. The zero-order valence-electron chi connectivity index (χ0n) is 23.6. The summed E-state index contributed by atoms with van der Waals surface area (Å²) in [6.45, 7) is 8.90. The Kier molecular flexibility index (Phi) is 9.49. The molecule has 1 aliphatic rings. The number of aromatic nitrogens is 2. The van der Waals surface area contributed by atoms with E-state index in [1.165, 1.54) is 0 Å². The Morgan fingerprint density at radius 2 is 1.97 bits per heavy atom. The minimum absolute atomic E-state index is 0.0804. The van der Waals surface area contributed by atoms with Crippen LogP contribution in [-0.4, -0.2) is 39.1 Å². The summed E-state index contributed by atoms with van der Waals surface area (Å²) in [6.07, 6.45) is 5.67. The number of hydrogen-bond donors (Lipinski definition) is 1. The molecule has 1 unspecified atom stereocenters. The quantitative estimate of drug-likeness (QED) is 0.301. The monoisotopic (exact) mass is 594 g/mol. The van der Waals surface area contributed by atoms with Gasteiger partial charge in [-0.2, -0.15) is 5.10 Å². The van der Waals surface area contributed by atoms with Gasteiger partial charge in [0.15, 0.2) is 0 Å². The van der Waals surface area contributed by atoms with E-state index >= 15 is 0 Å². The molecule has 0 saturated heterocycles. The van der Waals surface area contributed by atoms with Crippen molar-refractivity contribution in [3.05, 3.63) is 80.6 Å². The average molecular weight is 596 g/mol. The summed E-state index contributed by atoms with van der Waals surface area (Å²) in [7, 11) is 1.89. The maximum absolute atomic E-state index is 14.1. The molecular weight excluding hydrogens is 556 g/mol. The fraction of sp³-hybridized carbons (Fsp3) is 0.452. The van der Waals surface area contributed by atoms with Crippen molar-refractivity contribution in [2.45, 2.75) is 78.4 Å². The van der Waals surface area contributed by atoms with Crippen LogP contribution in [0, 0.1) is 20.8 Å². The van der Waals surface area contributed by atoms with Crippen LogP contribution in [-0.2, 0) is 29.6 Å². The van der Waals surface area contributed by atoms with Gasteiger partial charge < -0.3 is 15.0 Å². The van der Waals surface area contributed by atoms with Gasteiger partial charge in [-0.3, -0.25) is 14.3 Å². The second-order valence-electron chi connectivity index (χ2n) is 10.5. The average Bonchev–Trinajstić information content (AvgIpc) is 3.20. The minimum Gasteiger partial charge on any atom is -0.494 e. The number of rotatable bonds is 11. The van der Waals surface area contributed by atoms with Gasteiger partial charge in [0.25, 0.3) is 0 Å². The highest BCUT2D eigenvalue weighted by Gasteiger charge is 2.34. The molecule has 1 N–H and O–H groups in total. The van der Waals surface area contributed by atoms with Gasteiger partial charge in [-0.1, -0.05) is 34.1 Å². The molecule has 2 amide bonds. The molecule has 0 radical (unpaired) electrons. The normalized spacial score (nSPS) is 14.0. The molecular formula is C31H39BrN4O3. The molecule has 0 spiro atoms. The molecule has 4 rings (SSSR count). The van der Waals surface area contributed by atoms with Crippen LogP contribution in [0.15, 0.2) is 47.1 Å². The molecule has 1 atom stereocenters. The first-order valence-corrected chi connectivity index (χ1v) is 14.5. The van der Waals surface area contributed by atoms with Crippen molar-refractivity contribution in [2.75, 3.05) is 6.61 Å². The lowest BCUT2D eigenvalue weighted by Crippen LogP contribution is -2.48. The topological polar surface area (TPSA) is 76.5 Å². The van der Waals surface area contributed by atoms with Gasteiger partial charge in [-0.25, -0.2) is 0 Å². The van der Waals surface area contributed by atoms with E-state index in [4.69, 9.17) is 4.74 Å². The third-order valence-electron chi connectivity index (χ3n) is 7.79. The molecule has 1 fully saturated rings. The number of aryl methyl sites for hydroxylation is 3. The van der Waals surface area contributed by atoms with E-state index in [2.05, 4.69) is 26.3 Å². The van der Waals surface area contributed by atoms with Gasteiger partial charge in [-0.05, 0) is 93.8 Å². The largest absolute Gasteiger partial charge is 0.494 e. The molecule has 3 aromatic rings. The third-order valence-corrected chi connectivity index (χ3v) is 8.61. The van der Waals surface area contributed by atoms with Crippen LogP contribution in [0.5, 0.6) is 5.75 Å². The van der Waals surface area contributed by atoms with Crippen LogP contribution < -0.4 is 10.1 Å². The molecule has 39 heavy (non-hydrogen) atoms. The summed E-state index contributed by atoms with van der Waals surface area (Å²) in [5.41, 5.74) is 5.90. The van der Waals surface area contributed by atoms with Gasteiger partial charge in [0.2, 0.25) is 11.8 Å². The first-order chi connectivity index (χ1) is 18.7. The summed E-state index contributed by atoms with van der Waals surface area (Å²) < 4.78 is 8.37. The zero-order chi connectivity index (χ0) is 28.1. The molecule has 1 aromatic heterocycles. The van der Waals surface area contributed by atoms with Crippen LogP contribution in [0.25, 0.3) is 0 Å². The van der Waals surface area contributed by atoms with E-state index in [1.807, 2.05) is 71.1 Å². The Morgan fingerprint density at radius 1 is 1.21 bits per heavy atom. The van der Waals surface area contributed by atoms with Crippen LogP contribution in [0.1, 0.15) is 72.2 Å². The first kappa shape index (κ1) is 28.9. The van der Waals surface area contributed by atoms with E-state index in [0.717, 1.165) is 63.0 Å². The highest BCUT2D eigenvalue weighted by molar-refractivity contribution is 9.10. The predicted octanol–water partition coefficient (Wildman–Crippen LogP) is 5.88. The fourth-order valence-corrected chi connectivity index (χ4v) is 5.44. The molecule has 1 heterocycles. The number of hydrogen-bond acceptors (Lipinski definition) is 4. The van der Waals surface area contributed by atoms with E-state index in [9.17, 15) is 9.59 Å². The van der Waals surface area contributed by atoms with Crippen LogP contribution >= 0.6 is 15.9 Å². The highest BCUT2D eigenvalue weighted by atomic mass is 79.9. The van der Waals surface area contributed by atoms with Gasteiger partial charge >= 0.3 is 0 Å². The molecule has 1 saturated carbocycles. The number of benzene rings is 2. The lowest BCUT2D eigenvalue weighted by Gasteiger charge is -2.35. The lowest BCUT2D eigenvalue weighted by atomic mass is 9.92. The van der Waals surface area contributed by atoms with Gasteiger partial charge in [0.05, 0.1) is 19.3 Å². The van der Waals surface area contributed by atoms with E-state index in [1.54, 1.807) is 15.8 Å². The van der Waals surface area contributed by atoms with Crippen LogP contribution in [0.3, 0.4) is 0 Å².